The summed E-state index contributed by atoms with van der Waals surface area (Å²) in [7, 11) is 1.89. The maximum atomic E-state index is 13.5. The Bertz CT molecular complexity index is 655. The molecule has 1 heterocycles. The molecule has 0 unspecified atom stereocenters. The normalized spacial score (nSPS) is 13.8. The number of methoxy groups -OCH3 is 2. The molecule has 24 heavy (non-hydrogen) atoms. The summed E-state index contributed by atoms with van der Waals surface area (Å²) in [6.45, 7) is 0.899. The standard InChI is InChI=1S/C13H15F3N2O6/c1-4-24-11(21)12(17,13(14,15)16)8-6(9(19)22-2)5-7(18-8)10(20)23-3/h5,18H,4,17H2,1-3H3/t12-/m1/s1. The molecule has 0 radical (unpaired) electrons. The second-order valence-corrected chi connectivity index (χ2v) is 4.48. The molecule has 1 aromatic rings. The first-order chi connectivity index (χ1) is 11.0. The highest BCUT2D eigenvalue weighted by atomic mass is 19.4. The number of aromatic nitrogens is 1. The molecule has 0 saturated carbocycles. The van der Waals surface area contributed by atoms with Crippen LogP contribution in [-0.4, -0.2) is 49.9 Å². The molecule has 0 aliphatic heterocycles. The third kappa shape index (κ3) is 3.20. The molecule has 0 aliphatic rings. The molecule has 11 heteroatoms. The van der Waals surface area contributed by atoms with E-state index in [1.807, 2.05) is 4.98 Å². The number of ether oxygens (including phenoxy) is 3. The molecule has 0 spiro atoms. The molecule has 134 valence electrons. The number of nitrogens with one attached hydrogen (secondary N) is 1. The first-order valence-corrected chi connectivity index (χ1v) is 6.47. The van der Waals surface area contributed by atoms with Crippen molar-refractivity contribution in [3.63, 3.8) is 0 Å². The van der Waals surface area contributed by atoms with Gasteiger partial charge in [0.2, 0.25) is 0 Å². The summed E-state index contributed by atoms with van der Waals surface area (Å²) in [4.78, 5) is 37.1. The van der Waals surface area contributed by atoms with Gasteiger partial charge in [-0.15, -0.1) is 0 Å². The maximum absolute atomic E-state index is 13.5. The number of alkyl halides is 3. The molecule has 0 aliphatic carbocycles. The summed E-state index contributed by atoms with van der Waals surface area (Å²) in [5.41, 5.74) is -0.771. The van der Waals surface area contributed by atoms with Gasteiger partial charge in [0, 0.05) is 0 Å². The Morgan fingerprint density at radius 3 is 2.12 bits per heavy atom. The van der Waals surface area contributed by atoms with Crippen molar-refractivity contribution in [1.29, 1.82) is 0 Å². The first-order valence-electron chi connectivity index (χ1n) is 6.47. The van der Waals surface area contributed by atoms with E-state index in [9.17, 15) is 27.6 Å². The number of carbonyl (C=O) groups is 3. The van der Waals surface area contributed by atoms with Gasteiger partial charge in [0.15, 0.2) is 0 Å². The van der Waals surface area contributed by atoms with Crippen molar-refractivity contribution in [2.45, 2.75) is 18.6 Å². The lowest BCUT2D eigenvalue weighted by atomic mass is 9.92. The zero-order chi connectivity index (χ0) is 18.7. The predicted octanol–water partition coefficient (Wildman–Crippen LogP) is 0.867. The van der Waals surface area contributed by atoms with Gasteiger partial charge < -0.3 is 24.9 Å². The summed E-state index contributed by atoms with van der Waals surface area (Å²) >= 11 is 0. The molecule has 3 N–H and O–H groups in total. The first kappa shape index (κ1) is 19.5. The SMILES string of the molecule is CCOC(=O)[C@](N)(c1[nH]c(C(=O)OC)cc1C(=O)OC)C(F)(F)F. The number of H-pyrrole nitrogens is 1. The molecule has 8 nitrogen and oxygen atoms in total. The van der Waals surface area contributed by atoms with Gasteiger partial charge in [-0.2, -0.15) is 13.2 Å². The van der Waals surface area contributed by atoms with E-state index in [4.69, 9.17) is 5.73 Å². The predicted molar refractivity (Wildman–Crippen MR) is 72.0 cm³/mol. The fourth-order valence-corrected chi connectivity index (χ4v) is 1.86. The van der Waals surface area contributed by atoms with Crippen LogP contribution in [0.1, 0.15) is 33.5 Å². The highest BCUT2D eigenvalue weighted by Gasteiger charge is 2.62. The van der Waals surface area contributed by atoms with E-state index in [-0.39, 0.29) is 6.61 Å². The van der Waals surface area contributed by atoms with Gasteiger partial charge in [0.05, 0.1) is 32.1 Å². The minimum absolute atomic E-state index is 0.383. The molecular weight excluding hydrogens is 337 g/mol. The smallest absolute Gasteiger partial charge is 0.423 e. The van der Waals surface area contributed by atoms with Crippen molar-refractivity contribution in [1.82, 2.24) is 4.98 Å². The Morgan fingerprint density at radius 1 is 1.17 bits per heavy atom. The molecule has 0 bridgehead atoms. The van der Waals surface area contributed by atoms with Crippen LogP contribution in [0.25, 0.3) is 0 Å². The highest BCUT2D eigenvalue weighted by molar-refractivity contribution is 5.98. The Morgan fingerprint density at radius 2 is 1.71 bits per heavy atom. The Hall–Kier alpha value is -2.56. The third-order valence-corrected chi connectivity index (χ3v) is 3.07. The Kier molecular flexibility index (Phi) is 5.61. The molecule has 0 amide bonds. The van der Waals surface area contributed by atoms with E-state index in [2.05, 4.69) is 14.2 Å². The van der Waals surface area contributed by atoms with Crippen LogP contribution in [0.3, 0.4) is 0 Å². The lowest BCUT2D eigenvalue weighted by Gasteiger charge is -2.29. The molecular formula is C13H15F3N2O6. The van der Waals surface area contributed by atoms with Crippen molar-refractivity contribution in [2.75, 3.05) is 20.8 Å². The quantitative estimate of drug-likeness (QED) is 0.596. The van der Waals surface area contributed by atoms with Crippen LogP contribution in [0.5, 0.6) is 0 Å². The number of carbonyl (C=O) groups excluding carboxylic acids is 3. The number of hydrogen-bond donors (Lipinski definition) is 2. The van der Waals surface area contributed by atoms with Gasteiger partial charge in [0.25, 0.3) is 5.54 Å². The maximum Gasteiger partial charge on any atom is 0.423 e. The van der Waals surface area contributed by atoms with E-state index in [1.165, 1.54) is 6.92 Å². The van der Waals surface area contributed by atoms with Crippen LogP contribution in [0, 0.1) is 0 Å². The van der Waals surface area contributed by atoms with Crippen molar-refractivity contribution in [2.24, 2.45) is 5.73 Å². The van der Waals surface area contributed by atoms with Crippen molar-refractivity contribution < 1.29 is 41.8 Å². The van der Waals surface area contributed by atoms with Gasteiger partial charge in [-0.25, -0.2) is 14.4 Å². The molecule has 0 aromatic carbocycles. The van der Waals surface area contributed by atoms with Crippen LogP contribution < -0.4 is 5.73 Å². The van der Waals surface area contributed by atoms with Gasteiger partial charge in [0.1, 0.15) is 5.69 Å². The summed E-state index contributed by atoms with van der Waals surface area (Å²) in [5, 5.41) is 0. The minimum atomic E-state index is -5.33. The Balaban J connectivity index is 3.69. The van der Waals surface area contributed by atoms with Crippen LogP contribution >= 0.6 is 0 Å². The zero-order valence-electron chi connectivity index (χ0n) is 12.9. The van der Waals surface area contributed by atoms with Gasteiger partial charge in [-0.3, -0.25) is 0 Å². The third-order valence-electron chi connectivity index (χ3n) is 3.07. The summed E-state index contributed by atoms with van der Waals surface area (Å²) < 4.78 is 53.6. The van der Waals surface area contributed by atoms with Gasteiger partial charge in [-0.05, 0) is 13.0 Å². The van der Waals surface area contributed by atoms with Gasteiger partial charge in [-0.1, -0.05) is 0 Å². The van der Waals surface area contributed by atoms with Crippen LogP contribution in [0.15, 0.2) is 6.07 Å². The van der Waals surface area contributed by atoms with Crippen molar-refractivity contribution in [3.8, 4) is 0 Å². The minimum Gasteiger partial charge on any atom is -0.465 e. The topological polar surface area (TPSA) is 121 Å². The highest BCUT2D eigenvalue weighted by Crippen LogP contribution is 2.39. The summed E-state index contributed by atoms with van der Waals surface area (Å²) in [5.74, 6) is -4.15. The molecule has 0 saturated heterocycles. The summed E-state index contributed by atoms with van der Waals surface area (Å²) in [6.07, 6.45) is -5.33. The number of halogens is 3. The monoisotopic (exact) mass is 352 g/mol. The van der Waals surface area contributed by atoms with Crippen LogP contribution in [0.2, 0.25) is 0 Å². The molecule has 1 atom stereocenters. The molecule has 1 rings (SSSR count). The fourth-order valence-electron chi connectivity index (χ4n) is 1.86. The van der Waals surface area contributed by atoms with E-state index in [0.717, 1.165) is 20.3 Å². The molecule has 1 aromatic heterocycles. The Labute approximate surface area is 134 Å². The largest absolute Gasteiger partial charge is 0.465 e. The zero-order valence-corrected chi connectivity index (χ0v) is 12.9. The number of hydrogen-bond acceptors (Lipinski definition) is 7. The van der Waals surface area contributed by atoms with E-state index in [1.54, 1.807) is 0 Å². The van der Waals surface area contributed by atoms with E-state index in [0.29, 0.717) is 0 Å². The average Bonchev–Trinajstić information content (AvgIpc) is 2.97. The number of aromatic amines is 1. The molecule has 0 fully saturated rings. The van der Waals surface area contributed by atoms with Crippen LogP contribution in [0.4, 0.5) is 13.2 Å². The van der Waals surface area contributed by atoms with Gasteiger partial charge >= 0.3 is 24.1 Å². The lowest BCUT2D eigenvalue weighted by molar-refractivity contribution is -0.209. The fraction of sp³-hybridized carbons (Fsp3) is 0.462. The second-order valence-electron chi connectivity index (χ2n) is 4.48. The van der Waals surface area contributed by atoms with Crippen molar-refractivity contribution >= 4 is 17.9 Å². The van der Waals surface area contributed by atoms with E-state index < -0.39 is 46.6 Å². The average molecular weight is 352 g/mol. The summed E-state index contributed by atoms with van der Waals surface area (Å²) in [6, 6.07) is 0.750. The lowest BCUT2D eigenvalue weighted by Crippen LogP contribution is -2.58. The number of nitrogens with two attached hydrogens (primary N) is 1. The van der Waals surface area contributed by atoms with E-state index >= 15 is 0 Å². The van der Waals surface area contributed by atoms with Crippen LogP contribution in [-0.2, 0) is 24.5 Å². The number of esters is 3. The number of rotatable bonds is 5. The van der Waals surface area contributed by atoms with Crippen molar-refractivity contribution in [3.05, 3.63) is 23.0 Å². The second kappa shape index (κ2) is 6.91.